The van der Waals surface area contributed by atoms with Gasteiger partial charge in [0.15, 0.2) is 0 Å². The van der Waals surface area contributed by atoms with E-state index < -0.39 is 23.8 Å². The second-order valence-electron chi connectivity index (χ2n) is 8.41. The van der Waals surface area contributed by atoms with Crippen LogP contribution in [0.15, 0.2) is 101 Å². The van der Waals surface area contributed by atoms with E-state index in [0.29, 0.717) is 11.3 Å². The predicted molar refractivity (Wildman–Crippen MR) is 130 cm³/mol. The third kappa shape index (κ3) is 3.56. The molecule has 0 bridgehead atoms. The zero-order chi connectivity index (χ0) is 23.9. The van der Waals surface area contributed by atoms with Crippen molar-refractivity contribution in [1.29, 1.82) is 0 Å². The van der Waals surface area contributed by atoms with Crippen LogP contribution in [0.3, 0.4) is 0 Å². The first-order valence-corrected chi connectivity index (χ1v) is 11.2. The first kappa shape index (κ1) is 20.9. The molecule has 0 aliphatic carbocycles. The van der Waals surface area contributed by atoms with Crippen LogP contribution in [0, 0.1) is 0 Å². The molecule has 6 rings (SSSR count). The van der Waals surface area contributed by atoms with E-state index in [0.717, 1.165) is 26.8 Å². The van der Waals surface area contributed by atoms with Gasteiger partial charge in [0.1, 0.15) is 23.0 Å². The number of nitrogens with zero attached hydrogens (tertiary/aromatic N) is 1. The zero-order valence-electron chi connectivity index (χ0n) is 18.5. The average molecular weight is 461 g/mol. The molecule has 1 aliphatic rings. The maximum Gasteiger partial charge on any atom is 0.335 e. The fourth-order valence-corrected chi connectivity index (χ4v) is 4.56. The Labute approximate surface area is 200 Å². The number of imide groups is 1. The second kappa shape index (κ2) is 8.25. The molecule has 5 aromatic rings. The lowest BCUT2D eigenvalue weighted by Crippen LogP contribution is -2.48. The minimum absolute atomic E-state index is 0.141. The lowest BCUT2D eigenvalue weighted by Gasteiger charge is -2.24. The number of hydrogen-bond acceptors (Lipinski definition) is 5. The molecule has 1 atom stereocenters. The summed E-state index contributed by atoms with van der Waals surface area (Å²) < 4.78 is 11.6. The number of fused-ring (bicyclic) bond motifs is 4. The highest BCUT2D eigenvalue weighted by Crippen LogP contribution is 2.32. The largest absolute Gasteiger partial charge is 0.456 e. The van der Waals surface area contributed by atoms with Gasteiger partial charge in [-0.15, -0.1) is 0 Å². The Morgan fingerprint density at radius 3 is 2.11 bits per heavy atom. The van der Waals surface area contributed by atoms with Gasteiger partial charge in [0.2, 0.25) is 0 Å². The van der Waals surface area contributed by atoms with Crippen LogP contribution in [0.25, 0.3) is 21.9 Å². The third-order valence-corrected chi connectivity index (χ3v) is 6.25. The summed E-state index contributed by atoms with van der Waals surface area (Å²) in [7, 11) is 0. The summed E-state index contributed by atoms with van der Waals surface area (Å²) in [4.78, 5) is 40.8. The molecule has 0 spiro atoms. The Morgan fingerprint density at radius 1 is 0.743 bits per heavy atom. The number of esters is 1. The van der Waals surface area contributed by atoms with Crippen LogP contribution in [0.1, 0.15) is 26.3 Å². The molecule has 0 saturated carbocycles. The number of para-hydroxylation sites is 1. The number of furan rings is 1. The Hall–Kier alpha value is -4.71. The molecule has 1 aromatic heterocycles. The first-order chi connectivity index (χ1) is 17.1. The van der Waals surface area contributed by atoms with E-state index in [1.807, 2.05) is 54.6 Å². The molecule has 0 unspecified atom stereocenters. The summed E-state index contributed by atoms with van der Waals surface area (Å²) in [5.74, 6) is -1.38. The predicted octanol–water partition coefficient (Wildman–Crippen LogP) is 5.40. The number of rotatable bonds is 5. The minimum atomic E-state index is -1.12. The normalized spacial score (nSPS) is 13.9. The van der Waals surface area contributed by atoms with E-state index in [1.54, 1.807) is 42.5 Å². The van der Waals surface area contributed by atoms with Gasteiger partial charge in [-0.1, -0.05) is 60.7 Å². The molecule has 0 fully saturated rings. The summed E-state index contributed by atoms with van der Waals surface area (Å²) in [5, 5.41) is 1.72. The first-order valence-electron chi connectivity index (χ1n) is 11.2. The standard InChI is InChI=1S/C29H19NO5/c31-27-21-11-4-5-12-22(21)28(32)30(27)24(16-18-8-2-1-3-9-18)29(33)34-19-14-15-26-23(17-19)20-10-6-7-13-25(20)35-26/h1-15,17,24H,16H2/t24-/m0/s1. The van der Waals surface area contributed by atoms with Crippen molar-refractivity contribution in [1.82, 2.24) is 4.90 Å². The average Bonchev–Trinajstić information content (AvgIpc) is 3.38. The highest BCUT2D eigenvalue weighted by molar-refractivity contribution is 6.22. The van der Waals surface area contributed by atoms with Crippen molar-refractivity contribution in [3.8, 4) is 5.75 Å². The number of hydrogen-bond donors (Lipinski definition) is 0. The van der Waals surface area contributed by atoms with Gasteiger partial charge in [0.05, 0.1) is 11.1 Å². The van der Waals surface area contributed by atoms with E-state index in [4.69, 9.17) is 9.15 Å². The highest BCUT2D eigenvalue weighted by Gasteiger charge is 2.43. The summed E-state index contributed by atoms with van der Waals surface area (Å²) in [5.41, 5.74) is 2.79. The van der Waals surface area contributed by atoms with Gasteiger partial charge >= 0.3 is 5.97 Å². The molecule has 2 heterocycles. The minimum Gasteiger partial charge on any atom is -0.456 e. The lowest BCUT2D eigenvalue weighted by molar-refractivity contribution is -0.138. The lowest BCUT2D eigenvalue weighted by atomic mass is 10.0. The molecule has 170 valence electrons. The Balaban J connectivity index is 1.36. The van der Waals surface area contributed by atoms with Crippen molar-refractivity contribution in [3.05, 3.63) is 114 Å². The molecule has 0 saturated heterocycles. The Kier molecular flexibility index (Phi) is 4.92. The van der Waals surface area contributed by atoms with Gasteiger partial charge in [-0.05, 0) is 42.0 Å². The van der Waals surface area contributed by atoms with Crippen LogP contribution >= 0.6 is 0 Å². The summed E-state index contributed by atoms with van der Waals surface area (Å²) in [6.07, 6.45) is 0.141. The van der Waals surface area contributed by atoms with Crippen LogP contribution in [0.2, 0.25) is 0 Å². The van der Waals surface area contributed by atoms with E-state index in [2.05, 4.69) is 0 Å². The molecule has 6 heteroatoms. The molecule has 35 heavy (non-hydrogen) atoms. The number of ether oxygens (including phenoxy) is 1. The number of benzene rings is 4. The van der Waals surface area contributed by atoms with Crippen LogP contribution in [-0.2, 0) is 11.2 Å². The van der Waals surface area contributed by atoms with Gasteiger partial charge < -0.3 is 9.15 Å². The SMILES string of the molecule is O=C(Oc1ccc2oc3ccccc3c2c1)[C@H](Cc1ccccc1)N1C(=O)c2ccccc2C1=O. The van der Waals surface area contributed by atoms with E-state index >= 15 is 0 Å². The van der Waals surface area contributed by atoms with Crippen LogP contribution in [0.5, 0.6) is 5.75 Å². The quantitative estimate of drug-likeness (QED) is 0.199. The molecule has 6 nitrogen and oxygen atoms in total. The van der Waals surface area contributed by atoms with Crippen molar-refractivity contribution in [3.63, 3.8) is 0 Å². The summed E-state index contributed by atoms with van der Waals surface area (Å²) in [6, 6.07) is 27.4. The monoisotopic (exact) mass is 461 g/mol. The van der Waals surface area contributed by atoms with Gasteiger partial charge in [0, 0.05) is 17.2 Å². The second-order valence-corrected chi connectivity index (χ2v) is 8.41. The third-order valence-electron chi connectivity index (χ3n) is 6.25. The molecule has 0 radical (unpaired) electrons. The molecule has 1 aliphatic heterocycles. The van der Waals surface area contributed by atoms with Gasteiger partial charge in [0.25, 0.3) is 11.8 Å². The van der Waals surface area contributed by atoms with Gasteiger partial charge in [-0.25, -0.2) is 4.79 Å². The Bertz CT molecular complexity index is 1580. The van der Waals surface area contributed by atoms with Crippen molar-refractivity contribution < 1.29 is 23.5 Å². The molecule has 2 amide bonds. The van der Waals surface area contributed by atoms with Crippen molar-refractivity contribution in [2.75, 3.05) is 0 Å². The smallest absolute Gasteiger partial charge is 0.335 e. The van der Waals surface area contributed by atoms with Gasteiger partial charge in [-0.2, -0.15) is 0 Å². The van der Waals surface area contributed by atoms with E-state index in [-0.39, 0.29) is 17.5 Å². The Morgan fingerprint density at radius 2 is 1.37 bits per heavy atom. The van der Waals surface area contributed by atoms with Crippen molar-refractivity contribution in [2.45, 2.75) is 12.5 Å². The zero-order valence-corrected chi connectivity index (χ0v) is 18.5. The van der Waals surface area contributed by atoms with Crippen molar-refractivity contribution in [2.24, 2.45) is 0 Å². The maximum atomic E-state index is 13.5. The molecular weight excluding hydrogens is 442 g/mol. The van der Waals surface area contributed by atoms with Gasteiger partial charge in [-0.3, -0.25) is 14.5 Å². The molecule has 0 N–H and O–H groups in total. The van der Waals surface area contributed by atoms with E-state index in [1.165, 1.54) is 0 Å². The summed E-state index contributed by atoms with van der Waals surface area (Å²) >= 11 is 0. The van der Waals surface area contributed by atoms with Crippen LogP contribution in [-0.4, -0.2) is 28.7 Å². The number of carbonyl (C=O) groups excluding carboxylic acids is 3. The van der Waals surface area contributed by atoms with Crippen LogP contribution in [0.4, 0.5) is 0 Å². The summed E-state index contributed by atoms with van der Waals surface area (Å²) in [6.45, 7) is 0. The fourth-order valence-electron chi connectivity index (χ4n) is 4.56. The van der Waals surface area contributed by atoms with Crippen LogP contribution < -0.4 is 4.74 Å². The highest BCUT2D eigenvalue weighted by atomic mass is 16.5. The number of amides is 2. The molecular formula is C29H19NO5. The number of carbonyl (C=O) groups is 3. The molecule has 4 aromatic carbocycles. The topological polar surface area (TPSA) is 76.8 Å². The maximum absolute atomic E-state index is 13.5. The fraction of sp³-hybridized carbons (Fsp3) is 0.0690. The van der Waals surface area contributed by atoms with E-state index in [9.17, 15) is 14.4 Å². The van der Waals surface area contributed by atoms with Crippen molar-refractivity contribution >= 4 is 39.7 Å².